The van der Waals surface area contributed by atoms with Crippen LogP contribution in [0.3, 0.4) is 0 Å². The van der Waals surface area contributed by atoms with Gasteiger partial charge in [-0.1, -0.05) is 36.4 Å². The van der Waals surface area contributed by atoms with Gasteiger partial charge in [-0.2, -0.15) is 5.10 Å². The number of hydrogen-bond acceptors (Lipinski definition) is 2. The van der Waals surface area contributed by atoms with E-state index in [1.54, 1.807) is 4.68 Å². The van der Waals surface area contributed by atoms with Crippen LogP contribution in [0, 0.1) is 10.5 Å². The summed E-state index contributed by atoms with van der Waals surface area (Å²) in [4.78, 5) is 0. The summed E-state index contributed by atoms with van der Waals surface area (Å²) in [6.45, 7) is 2.01. The Kier molecular flexibility index (Phi) is 3.48. The highest BCUT2D eigenvalue weighted by molar-refractivity contribution is 14.1. The summed E-state index contributed by atoms with van der Waals surface area (Å²) < 4.78 is 2.97. The van der Waals surface area contributed by atoms with Crippen LogP contribution in [0.4, 0.5) is 5.82 Å². The molecule has 0 aliphatic carbocycles. The number of nitrogen functional groups attached to an aromatic ring is 1. The summed E-state index contributed by atoms with van der Waals surface area (Å²) in [5.74, 6) is 0.686. The Hall–Kier alpha value is -1.82. The summed E-state index contributed by atoms with van der Waals surface area (Å²) in [5.41, 5.74) is 10.3. The van der Waals surface area contributed by atoms with E-state index in [1.165, 1.54) is 3.57 Å². The van der Waals surface area contributed by atoms with Crippen molar-refractivity contribution in [2.75, 3.05) is 5.73 Å². The zero-order valence-electron chi connectivity index (χ0n) is 11.0. The molecule has 0 atom stereocenters. The van der Waals surface area contributed by atoms with Gasteiger partial charge in [0.15, 0.2) is 0 Å². The fraction of sp³-hybridized carbons (Fsp3) is 0.0625. The second-order valence-corrected chi connectivity index (χ2v) is 5.75. The van der Waals surface area contributed by atoms with E-state index >= 15 is 0 Å². The maximum Gasteiger partial charge on any atom is 0.130 e. The smallest absolute Gasteiger partial charge is 0.130 e. The summed E-state index contributed by atoms with van der Waals surface area (Å²) in [6.07, 6.45) is 0. The van der Waals surface area contributed by atoms with Crippen molar-refractivity contribution in [2.24, 2.45) is 0 Å². The molecule has 0 radical (unpaired) electrons. The minimum atomic E-state index is 0.686. The number of hydrogen-bond donors (Lipinski definition) is 1. The Balaban J connectivity index is 2.19. The van der Waals surface area contributed by atoms with E-state index in [4.69, 9.17) is 10.8 Å². The van der Waals surface area contributed by atoms with Crippen molar-refractivity contribution < 1.29 is 0 Å². The van der Waals surface area contributed by atoms with Gasteiger partial charge >= 0.3 is 0 Å². The first kappa shape index (κ1) is 13.2. The minimum absolute atomic E-state index is 0.686. The first-order chi connectivity index (χ1) is 9.68. The molecule has 0 aliphatic heterocycles. The number of nitrogens with two attached hydrogens (primary N) is 1. The molecule has 3 nitrogen and oxygen atoms in total. The van der Waals surface area contributed by atoms with Gasteiger partial charge in [0.1, 0.15) is 5.82 Å². The van der Waals surface area contributed by atoms with Crippen LogP contribution >= 0.6 is 22.6 Å². The van der Waals surface area contributed by atoms with Gasteiger partial charge in [0, 0.05) is 14.7 Å². The van der Waals surface area contributed by atoms with Gasteiger partial charge in [0.25, 0.3) is 0 Å². The number of rotatable bonds is 2. The first-order valence-electron chi connectivity index (χ1n) is 6.34. The molecular weight excluding hydrogens is 361 g/mol. The Morgan fingerprint density at radius 3 is 2.35 bits per heavy atom. The first-order valence-corrected chi connectivity index (χ1v) is 7.42. The van der Waals surface area contributed by atoms with Crippen LogP contribution in [-0.2, 0) is 0 Å². The van der Waals surface area contributed by atoms with Crippen LogP contribution in [0.1, 0.15) is 5.56 Å². The summed E-state index contributed by atoms with van der Waals surface area (Å²) in [5, 5.41) is 4.70. The third-order valence-electron chi connectivity index (χ3n) is 3.30. The maximum atomic E-state index is 6.22. The van der Waals surface area contributed by atoms with Crippen molar-refractivity contribution in [3.05, 3.63) is 63.7 Å². The van der Waals surface area contributed by atoms with Crippen molar-refractivity contribution in [1.29, 1.82) is 0 Å². The van der Waals surface area contributed by atoms with Crippen molar-refractivity contribution >= 4 is 28.4 Å². The second-order valence-electron chi connectivity index (χ2n) is 4.59. The quantitative estimate of drug-likeness (QED) is 0.688. The molecule has 0 saturated heterocycles. The molecule has 0 saturated carbocycles. The van der Waals surface area contributed by atoms with Gasteiger partial charge in [-0.3, -0.25) is 0 Å². The van der Waals surface area contributed by atoms with Crippen LogP contribution in [0.15, 0.2) is 54.6 Å². The number of aromatic nitrogens is 2. The molecule has 3 rings (SSSR count). The minimum Gasteiger partial charge on any atom is -0.383 e. The zero-order valence-corrected chi connectivity index (χ0v) is 13.2. The predicted octanol–water partition coefficient (Wildman–Crippen LogP) is 4.03. The van der Waals surface area contributed by atoms with Crippen molar-refractivity contribution in [1.82, 2.24) is 9.78 Å². The molecule has 0 unspecified atom stereocenters. The molecule has 100 valence electrons. The zero-order chi connectivity index (χ0) is 14.1. The number of anilines is 1. The lowest BCUT2D eigenvalue weighted by molar-refractivity contribution is 0.895. The number of halogens is 1. The van der Waals surface area contributed by atoms with Crippen molar-refractivity contribution in [2.45, 2.75) is 6.92 Å². The van der Waals surface area contributed by atoms with Crippen LogP contribution in [0.25, 0.3) is 16.9 Å². The highest BCUT2D eigenvalue weighted by Gasteiger charge is 2.15. The Morgan fingerprint density at radius 2 is 1.65 bits per heavy atom. The average Bonchev–Trinajstić information content (AvgIpc) is 2.77. The van der Waals surface area contributed by atoms with Gasteiger partial charge < -0.3 is 5.73 Å². The molecule has 0 aliphatic rings. The fourth-order valence-corrected chi connectivity index (χ4v) is 2.83. The van der Waals surface area contributed by atoms with Gasteiger partial charge in [0.2, 0.25) is 0 Å². The third-order valence-corrected chi connectivity index (χ3v) is 4.24. The molecular formula is C16H14IN3. The lowest BCUT2D eigenvalue weighted by atomic mass is 10.1. The molecule has 1 heterocycles. The number of para-hydroxylation sites is 1. The molecule has 2 aromatic carbocycles. The van der Waals surface area contributed by atoms with Crippen LogP contribution in [0.2, 0.25) is 0 Å². The van der Waals surface area contributed by atoms with Gasteiger partial charge in [-0.25, -0.2) is 4.68 Å². The maximum absolute atomic E-state index is 6.22. The SMILES string of the molecule is Cc1c(-c2ccccc2I)nn(-c2ccccc2)c1N. The molecule has 3 aromatic rings. The molecule has 0 fully saturated rings. The largest absolute Gasteiger partial charge is 0.383 e. The highest BCUT2D eigenvalue weighted by atomic mass is 127. The third kappa shape index (κ3) is 2.20. The van der Waals surface area contributed by atoms with E-state index in [-0.39, 0.29) is 0 Å². The molecule has 1 aromatic heterocycles. The average molecular weight is 375 g/mol. The lowest BCUT2D eigenvalue weighted by Gasteiger charge is -2.03. The summed E-state index contributed by atoms with van der Waals surface area (Å²) >= 11 is 2.33. The Labute approximate surface area is 131 Å². The van der Waals surface area contributed by atoms with Gasteiger partial charge in [-0.05, 0) is 47.7 Å². The van der Waals surface area contributed by atoms with E-state index in [0.29, 0.717) is 5.82 Å². The fourth-order valence-electron chi connectivity index (χ4n) is 2.18. The monoisotopic (exact) mass is 375 g/mol. The molecule has 0 spiro atoms. The van der Waals surface area contributed by atoms with Gasteiger partial charge in [0.05, 0.1) is 11.4 Å². The lowest BCUT2D eigenvalue weighted by Crippen LogP contribution is -2.01. The highest BCUT2D eigenvalue weighted by Crippen LogP contribution is 2.31. The van der Waals surface area contributed by atoms with E-state index in [0.717, 1.165) is 22.5 Å². The molecule has 0 amide bonds. The molecule has 4 heteroatoms. The van der Waals surface area contributed by atoms with E-state index in [9.17, 15) is 0 Å². The van der Waals surface area contributed by atoms with Crippen LogP contribution in [0.5, 0.6) is 0 Å². The Bertz CT molecular complexity index is 748. The topological polar surface area (TPSA) is 43.8 Å². The van der Waals surface area contributed by atoms with E-state index in [1.807, 2.05) is 49.4 Å². The molecule has 2 N–H and O–H groups in total. The normalized spacial score (nSPS) is 10.7. The molecule has 0 bridgehead atoms. The van der Waals surface area contributed by atoms with Crippen LogP contribution in [-0.4, -0.2) is 9.78 Å². The van der Waals surface area contributed by atoms with Crippen molar-refractivity contribution in [3.8, 4) is 16.9 Å². The standard InChI is InChI=1S/C16H14IN3/c1-11-15(13-9-5-6-10-14(13)17)19-20(16(11)18)12-7-3-2-4-8-12/h2-10H,18H2,1H3. The van der Waals surface area contributed by atoms with Crippen molar-refractivity contribution in [3.63, 3.8) is 0 Å². The number of benzene rings is 2. The summed E-state index contributed by atoms with van der Waals surface area (Å²) in [6, 6.07) is 18.2. The predicted molar refractivity (Wildman–Crippen MR) is 90.9 cm³/mol. The second kappa shape index (κ2) is 5.28. The number of nitrogens with zero attached hydrogens (tertiary/aromatic N) is 2. The van der Waals surface area contributed by atoms with Gasteiger partial charge in [-0.15, -0.1) is 0 Å². The molecule has 20 heavy (non-hydrogen) atoms. The van der Waals surface area contributed by atoms with E-state index in [2.05, 4.69) is 34.7 Å². The van der Waals surface area contributed by atoms with Crippen LogP contribution < -0.4 is 5.73 Å². The van der Waals surface area contributed by atoms with E-state index < -0.39 is 0 Å². The summed E-state index contributed by atoms with van der Waals surface area (Å²) in [7, 11) is 0. The Morgan fingerprint density at radius 1 is 1.00 bits per heavy atom.